The summed E-state index contributed by atoms with van der Waals surface area (Å²) in [6, 6.07) is 12.1. The number of carbonyl (C=O) groups excluding carboxylic acids is 1. The number of hydrogen-bond acceptors (Lipinski definition) is 2. The Morgan fingerprint density at radius 1 is 1.40 bits per heavy atom. The Kier molecular flexibility index (Phi) is 4.08. The zero-order valence-corrected chi connectivity index (χ0v) is 10.5. The van der Waals surface area contributed by atoms with E-state index in [1.807, 2.05) is 44.2 Å². The monoisotopic (exact) mass is 267 g/mol. The van der Waals surface area contributed by atoms with Gasteiger partial charge in [0.25, 0.3) is 0 Å². The average molecular weight is 266 g/mol. The zero-order valence-electron chi connectivity index (χ0n) is 8.81. The number of nitrogens with zero attached hydrogens (tertiary/aromatic N) is 1. The molecule has 1 rings (SSSR count). The zero-order chi connectivity index (χ0) is 11.3. The van der Waals surface area contributed by atoms with E-state index in [0.29, 0.717) is 0 Å². The molecule has 3 heteroatoms. The van der Waals surface area contributed by atoms with E-state index < -0.39 is 5.41 Å². The topological polar surface area (TPSA) is 40.9 Å². The van der Waals surface area contributed by atoms with Crippen molar-refractivity contribution in [2.24, 2.45) is 5.41 Å². The van der Waals surface area contributed by atoms with Gasteiger partial charge in [-0.2, -0.15) is 0 Å². The van der Waals surface area contributed by atoms with Gasteiger partial charge in [-0.3, -0.25) is 0 Å². The van der Waals surface area contributed by atoms with Gasteiger partial charge in [-0.15, -0.1) is 0 Å². The van der Waals surface area contributed by atoms with E-state index in [4.69, 9.17) is 5.26 Å². The maximum absolute atomic E-state index is 10.9. The van der Waals surface area contributed by atoms with E-state index in [1.54, 1.807) is 0 Å². The standard InChI is InChI=1S/C12H13NOSe/c1-12(2,9-14)11(8-13)15-10-6-4-3-5-7-10/h3-7,9,11H,1-2H3. The number of nitriles is 1. The first-order valence-corrected chi connectivity index (χ1v) is 6.52. The van der Waals surface area contributed by atoms with Crippen LogP contribution in [0.5, 0.6) is 0 Å². The number of benzene rings is 1. The van der Waals surface area contributed by atoms with Gasteiger partial charge in [-0.05, 0) is 0 Å². The average Bonchev–Trinajstić information content (AvgIpc) is 2.27. The predicted octanol–water partition coefficient (Wildman–Crippen LogP) is 1.55. The molecule has 0 aromatic heterocycles. The van der Waals surface area contributed by atoms with Crippen LogP contribution >= 0.6 is 0 Å². The van der Waals surface area contributed by atoms with Crippen LogP contribution in [-0.2, 0) is 4.79 Å². The molecule has 0 bridgehead atoms. The second-order valence-corrected chi connectivity index (χ2v) is 6.35. The minimum absolute atomic E-state index is 0.0282. The third kappa shape index (κ3) is 3.20. The van der Waals surface area contributed by atoms with Crippen LogP contribution in [0.15, 0.2) is 30.3 Å². The third-order valence-corrected chi connectivity index (χ3v) is 5.23. The number of rotatable bonds is 4. The van der Waals surface area contributed by atoms with E-state index in [1.165, 1.54) is 0 Å². The first-order valence-electron chi connectivity index (χ1n) is 4.68. The van der Waals surface area contributed by atoms with Crippen LogP contribution in [0.3, 0.4) is 0 Å². The molecule has 0 aliphatic carbocycles. The summed E-state index contributed by atoms with van der Waals surface area (Å²) in [5.74, 6) is 0. The molecule has 2 nitrogen and oxygen atoms in total. The fourth-order valence-corrected chi connectivity index (χ4v) is 3.14. The van der Waals surface area contributed by atoms with Crippen molar-refractivity contribution < 1.29 is 4.79 Å². The van der Waals surface area contributed by atoms with Gasteiger partial charge in [-0.25, -0.2) is 0 Å². The van der Waals surface area contributed by atoms with Crippen LogP contribution in [0, 0.1) is 16.7 Å². The van der Waals surface area contributed by atoms with Crippen LogP contribution in [0.2, 0.25) is 4.82 Å². The second-order valence-electron chi connectivity index (χ2n) is 3.88. The summed E-state index contributed by atoms with van der Waals surface area (Å²) < 4.78 is 1.16. The molecule has 1 aromatic rings. The summed E-state index contributed by atoms with van der Waals surface area (Å²) >= 11 is 0.0282. The molecule has 1 aromatic carbocycles. The minimum atomic E-state index is -0.551. The molecule has 15 heavy (non-hydrogen) atoms. The Labute approximate surface area is 96.5 Å². The maximum atomic E-state index is 10.9. The molecule has 1 atom stereocenters. The molecule has 0 aliphatic rings. The van der Waals surface area contributed by atoms with Gasteiger partial charge in [-0.1, -0.05) is 0 Å². The summed E-state index contributed by atoms with van der Waals surface area (Å²) in [6.45, 7) is 3.64. The third-order valence-electron chi connectivity index (χ3n) is 2.09. The summed E-state index contributed by atoms with van der Waals surface area (Å²) in [4.78, 5) is 10.7. The SMILES string of the molecule is CC(C)(C=O)C(C#N)[Se]c1ccccc1. The van der Waals surface area contributed by atoms with E-state index in [9.17, 15) is 4.79 Å². The van der Waals surface area contributed by atoms with Crippen LogP contribution in [0.25, 0.3) is 0 Å². The Bertz CT molecular complexity index is 367. The Morgan fingerprint density at radius 3 is 2.47 bits per heavy atom. The van der Waals surface area contributed by atoms with Crippen molar-refractivity contribution in [2.45, 2.75) is 18.7 Å². The summed E-state index contributed by atoms with van der Waals surface area (Å²) in [5, 5.41) is 9.06. The molecule has 0 N–H and O–H groups in total. The molecule has 0 aliphatic heterocycles. The Morgan fingerprint density at radius 2 is 2.00 bits per heavy atom. The van der Waals surface area contributed by atoms with E-state index in [2.05, 4.69) is 6.07 Å². The summed E-state index contributed by atoms with van der Waals surface area (Å²) in [5.41, 5.74) is -0.551. The summed E-state index contributed by atoms with van der Waals surface area (Å²) in [7, 11) is 0. The molecule has 0 radical (unpaired) electrons. The van der Waals surface area contributed by atoms with Gasteiger partial charge in [0.05, 0.1) is 0 Å². The first kappa shape index (κ1) is 12.0. The molecule has 0 amide bonds. The van der Waals surface area contributed by atoms with E-state index >= 15 is 0 Å². The van der Waals surface area contributed by atoms with Crippen molar-refractivity contribution in [3.63, 3.8) is 0 Å². The van der Waals surface area contributed by atoms with Crippen molar-refractivity contribution in [1.29, 1.82) is 5.26 Å². The Hall–Kier alpha value is -1.10. The summed E-state index contributed by atoms with van der Waals surface area (Å²) in [6.07, 6.45) is 0.881. The molecule has 78 valence electrons. The molecule has 1 unspecified atom stereocenters. The van der Waals surface area contributed by atoms with Gasteiger partial charge < -0.3 is 0 Å². The van der Waals surface area contributed by atoms with Gasteiger partial charge in [0.15, 0.2) is 0 Å². The molecular formula is C12H13NOSe. The van der Waals surface area contributed by atoms with Crippen molar-refractivity contribution >= 4 is 25.7 Å². The van der Waals surface area contributed by atoms with Gasteiger partial charge in [0.2, 0.25) is 0 Å². The van der Waals surface area contributed by atoms with Crippen LogP contribution < -0.4 is 4.46 Å². The predicted molar refractivity (Wildman–Crippen MR) is 61.0 cm³/mol. The van der Waals surface area contributed by atoms with Crippen molar-refractivity contribution in [3.8, 4) is 6.07 Å². The second kappa shape index (κ2) is 5.11. The van der Waals surface area contributed by atoms with Crippen molar-refractivity contribution in [3.05, 3.63) is 30.3 Å². The Balaban J connectivity index is 2.80. The fourth-order valence-electron chi connectivity index (χ4n) is 1.04. The van der Waals surface area contributed by atoms with Crippen molar-refractivity contribution in [2.75, 3.05) is 0 Å². The van der Waals surface area contributed by atoms with Crippen LogP contribution in [0.1, 0.15) is 13.8 Å². The molecular weight excluding hydrogens is 253 g/mol. The van der Waals surface area contributed by atoms with Gasteiger partial charge in [0, 0.05) is 0 Å². The van der Waals surface area contributed by atoms with Crippen LogP contribution in [-0.4, -0.2) is 21.2 Å². The normalized spacial score (nSPS) is 12.9. The number of carbonyl (C=O) groups is 1. The fraction of sp³-hybridized carbons (Fsp3) is 0.333. The quantitative estimate of drug-likeness (QED) is 0.613. The van der Waals surface area contributed by atoms with E-state index in [-0.39, 0.29) is 19.8 Å². The number of hydrogen-bond donors (Lipinski definition) is 0. The molecule has 0 saturated heterocycles. The molecule has 0 heterocycles. The van der Waals surface area contributed by atoms with Gasteiger partial charge in [0.1, 0.15) is 0 Å². The van der Waals surface area contributed by atoms with Gasteiger partial charge >= 0.3 is 96.2 Å². The van der Waals surface area contributed by atoms with Crippen molar-refractivity contribution in [1.82, 2.24) is 0 Å². The molecule has 0 saturated carbocycles. The van der Waals surface area contributed by atoms with E-state index in [0.717, 1.165) is 10.7 Å². The molecule has 0 fully saturated rings. The number of aldehydes is 1. The molecule has 0 spiro atoms. The first-order chi connectivity index (χ1) is 7.10. The van der Waals surface area contributed by atoms with Crippen LogP contribution in [0.4, 0.5) is 0 Å².